The number of allylic oxidation sites excluding steroid dienone is 1. The zero-order chi connectivity index (χ0) is 15.8. The average molecular weight is 321 g/mol. The third-order valence-corrected chi connectivity index (χ3v) is 3.89. The molecule has 2 aromatic carbocycles. The summed E-state index contributed by atoms with van der Waals surface area (Å²) in [5, 5.41) is 0.672. The molecule has 0 saturated carbocycles. The Bertz CT molecular complexity index is 1040. The van der Waals surface area contributed by atoms with Crippen molar-refractivity contribution in [1.29, 1.82) is 0 Å². The summed E-state index contributed by atoms with van der Waals surface area (Å²) in [5.41, 5.74) is 3.99. The predicted octanol–water partition coefficient (Wildman–Crippen LogP) is 4.49. The van der Waals surface area contributed by atoms with Gasteiger partial charge in [-0.2, -0.15) is 0 Å². The second kappa shape index (κ2) is 5.48. The average Bonchev–Trinajstić information content (AvgIpc) is 2.91. The molecule has 0 atom stereocenters. The van der Waals surface area contributed by atoms with E-state index in [1.54, 1.807) is 0 Å². The van der Waals surface area contributed by atoms with Crippen LogP contribution >= 0.6 is 11.6 Å². The summed E-state index contributed by atoms with van der Waals surface area (Å²) in [6.07, 6.45) is 1.83. The van der Waals surface area contributed by atoms with Crippen molar-refractivity contribution in [2.24, 2.45) is 0 Å². The SMILES string of the molecule is C=CCn1c(-c2cccc(Cl)c2)nc2nc3ccccc3nc21. The van der Waals surface area contributed by atoms with Crippen molar-refractivity contribution in [2.45, 2.75) is 6.54 Å². The molecule has 0 radical (unpaired) electrons. The summed E-state index contributed by atoms with van der Waals surface area (Å²) in [5.74, 6) is 0.790. The van der Waals surface area contributed by atoms with Crippen LogP contribution in [-0.4, -0.2) is 19.5 Å². The highest BCUT2D eigenvalue weighted by Crippen LogP contribution is 2.26. The van der Waals surface area contributed by atoms with Crippen LogP contribution < -0.4 is 0 Å². The number of para-hydroxylation sites is 2. The van der Waals surface area contributed by atoms with Crippen LogP contribution in [0.1, 0.15) is 0 Å². The van der Waals surface area contributed by atoms with Gasteiger partial charge in [-0.1, -0.05) is 41.9 Å². The molecule has 2 heterocycles. The van der Waals surface area contributed by atoms with Gasteiger partial charge < -0.3 is 4.57 Å². The molecule has 0 spiro atoms. The molecule has 0 N–H and O–H groups in total. The topological polar surface area (TPSA) is 43.6 Å². The van der Waals surface area contributed by atoms with Gasteiger partial charge in [-0.3, -0.25) is 0 Å². The van der Waals surface area contributed by atoms with Gasteiger partial charge in [-0.15, -0.1) is 6.58 Å². The Balaban J connectivity index is 2.05. The van der Waals surface area contributed by atoms with Gasteiger partial charge in [0, 0.05) is 17.1 Å². The first-order valence-electron chi connectivity index (χ1n) is 7.26. The fourth-order valence-corrected chi connectivity index (χ4v) is 2.84. The zero-order valence-corrected chi connectivity index (χ0v) is 13.0. The van der Waals surface area contributed by atoms with Crippen LogP contribution in [0.3, 0.4) is 0 Å². The van der Waals surface area contributed by atoms with Crippen molar-refractivity contribution in [2.75, 3.05) is 0 Å². The quantitative estimate of drug-likeness (QED) is 0.522. The Labute approximate surface area is 138 Å². The van der Waals surface area contributed by atoms with Crippen LogP contribution in [0.25, 0.3) is 33.7 Å². The van der Waals surface area contributed by atoms with Crippen LogP contribution in [0.5, 0.6) is 0 Å². The Morgan fingerprint density at radius 3 is 2.52 bits per heavy atom. The van der Waals surface area contributed by atoms with Crippen molar-refractivity contribution < 1.29 is 0 Å². The van der Waals surface area contributed by atoms with E-state index in [1.807, 2.05) is 59.2 Å². The van der Waals surface area contributed by atoms with E-state index in [4.69, 9.17) is 16.6 Å². The number of aromatic nitrogens is 4. The second-order valence-corrected chi connectivity index (χ2v) is 5.64. The third kappa shape index (κ3) is 2.37. The molecule has 0 saturated heterocycles. The van der Waals surface area contributed by atoms with Gasteiger partial charge in [0.15, 0.2) is 11.3 Å². The van der Waals surface area contributed by atoms with Gasteiger partial charge in [0.2, 0.25) is 0 Å². The van der Waals surface area contributed by atoms with Crippen LogP contribution in [0.2, 0.25) is 5.02 Å². The third-order valence-electron chi connectivity index (χ3n) is 3.65. The van der Waals surface area contributed by atoms with E-state index in [2.05, 4.69) is 16.5 Å². The number of hydrogen-bond donors (Lipinski definition) is 0. The number of fused-ring (bicyclic) bond motifs is 2. The van der Waals surface area contributed by atoms with Gasteiger partial charge >= 0.3 is 0 Å². The van der Waals surface area contributed by atoms with Gasteiger partial charge in [-0.25, -0.2) is 15.0 Å². The highest BCUT2D eigenvalue weighted by molar-refractivity contribution is 6.30. The Morgan fingerprint density at radius 2 is 1.78 bits per heavy atom. The first kappa shape index (κ1) is 13.9. The smallest absolute Gasteiger partial charge is 0.198 e. The van der Waals surface area contributed by atoms with Gasteiger partial charge in [0.25, 0.3) is 0 Å². The fourth-order valence-electron chi connectivity index (χ4n) is 2.65. The lowest BCUT2D eigenvalue weighted by molar-refractivity contribution is 0.851. The lowest BCUT2D eigenvalue weighted by atomic mass is 10.2. The van der Waals surface area contributed by atoms with E-state index >= 15 is 0 Å². The Morgan fingerprint density at radius 1 is 1.00 bits per heavy atom. The van der Waals surface area contributed by atoms with E-state index in [1.165, 1.54) is 0 Å². The zero-order valence-electron chi connectivity index (χ0n) is 12.3. The fraction of sp³-hybridized carbons (Fsp3) is 0.0556. The van der Waals surface area contributed by atoms with Crippen LogP contribution in [0, 0.1) is 0 Å². The number of nitrogens with zero attached hydrogens (tertiary/aromatic N) is 4. The molecular formula is C18H13ClN4. The summed E-state index contributed by atoms with van der Waals surface area (Å²) in [6, 6.07) is 15.4. The maximum atomic E-state index is 6.12. The Hall–Kier alpha value is -2.72. The van der Waals surface area contributed by atoms with E-state index in [0.29, 0.717) is 17.2 Å². The first-order valence-corrected chi connectivity index (χ1v) is 7.64. The predicted molar refractivity (Wildman–Crippen MR) is 93.5 cm³/mol. The number of hydrogen-bond acceptors (Lipinski definition) is 3. The lowest BCUT2D eigenvalue weighted by Gasteiger charge is -2.06. The molecule has 0 unspecified atom stereocenters. The largest absolute Gasteiger partial charge is 0.303 e. The normalized spacial score (nSPS) is 11.2. The minimum atomic E-state index is 0.603. The molecule has 0 fully saturated rings. The highest BCUT2D eigenvalue weighted by Gasteiger charge is 2.15. The highest BCUT2D eigenvalue weighted by atomic mass is 35.5. The minimum Gasteiger partial charge on any atom is -0.303 e. The summed E-state index contributed by atoms with van der Waals surface area (Å²) in [7, 11) is 0. The summed E-state index contributed by atoms with van der Waals surface area (Å²) in [6.45, 7) is 4.44. The van der Waals surface area contributed by atoms with E-state index < -0.39 is 0 Å². The molecule has 0 bridgehead atoms. The van der Waals surface area contributed by atoms with Gasteiger partial charge in [-0.05, 0) is 24.3 Å². The summed E-state index contributed by atoms with van der Waals surface area (Å²) in [4.78, 5) is 14.0. The maximum Gasteiger partial charge on any atom is 0.198 e. The molecule has 2 aromatic heterocycles. The monoisotopic (exact) mass is 320 g/mol. The van der Waals surface area contributed by atoms with E-state index in [0.717, 1.165) is 28.1 Å². The molecule has 0 aliphatic carbocycles. The van der Waals surface area contributed by atoms with Gasteiger partial charge in [0.05, 0.1) is 11.0 Å². The number of rotatable bonds is 3. The molecule has 0 aliphatic heterocycles. The second-order valence-electron chi connectivity index (χ2n) is 5.20. The lowest BCUT2D eigenvalue weighted by Crippen LogP contribution is -2.00. The van der Waals surface area contributed by atoms with Crippen LogP contribution in [-0.2, 0) is 6.54 Å². The number of halogens is 1. The molecule has 4 rings (SSSR count). The summed E-state index contributed by atoms with van der Waals surface area (Å²) >= 11 is 6.12. The first-order chi connectivity index (χ1) is 11.3. The standard InChI is InChI=1S/C18H13ClN4/c1-2-10-23-17(12-6-5-7-13(19)11-12)22-16-18(23)21-15-9-4-3-8-14(15)20-16/h2-9,11H,1,10H2. The molecule has 0 amide bonds. The molecule has 4 aromatic rings. The summed E-state index contributed by atoms with van der Waals surface area (Å²) < 4.78 is 2.01. The van der Waals surface area contributed by atoms with Gasteiger partial charge in [0.1, 0.15) is 5.82 Å². The van der Waals surface area contributed by atoms with E-state index in [-0.39, 0.29) is 0 Å². The molecule has 23 heavy (non-hydrogen) atoms. The van der Waals surface area contributed by atoms with E-state index in [9.17, 15) is 0 Å². The molecule has 112 valence electrons. The van der Waals surface area contributed by atoms with Crippen molar-refractivity contribution in [3.8, 4) is 11.4 Å². The Kier molecular flexibility index (Phi) is 3.32. The minimum absolute atomic E-state index is 0.603. The maximum absolute atomic E-state index is 6.12. The van der Waals surface area contributed by atoms with Crippen LogP contribution in [0.4, 0.5) is 0 Å². The van der Waals surface area contributed by atoms with Crippen molar-refractivity contribution in [1.82, 2.24) is 19.5 Å². The molecule has 0 aliphatic rings. The van der Waals surface area contributed by atoms with Crippen molar-refractivity contribution in [3.63, 3.8) is 0 Å². The molecule has 5 heteroatoms. The molecule has 4 nitrogen and oxygen atoms in total. The van der Waals surface area contributed by atoms with Crippen molar-refractivity contribution >= 4 is 33.9 Å². The number of imidazole rings is 1. The number of benzene rings is 2. The molecular weight excluding hydrogens is 308 g/mol. The van der Waals surface area contributed by atoms with Crippen molar-refractivity contribution in [3.05, 3.63) is 66.2 Å². The van der Waals surface area contributed by atoms with Crippen LogP contribution in [0.15, 0.2) is 61.2 Å².